The highest BCUT2D eigenvalue weighted by Gasteiger charge is 2.32. The van der Waals surface area contributed by atoms with Crippen molar-refractivity contribution in [2.75, 3.05) is 32.8 Å². The Morgan fingerprint density at radius 3 is 2.73 bits per heavy atom. The van der Waals surface area contributed by atoms with Crippen molar-refractivity contribution in [2.45, 2.75) is 52.1 Å². The summed E-state index contributed by atoms with van der Waals surface area (Å²) in [5, 5.41) is 0. The highest BCUT2D eigenvalue weighted by Crippen LogP contribution is 2.26. The lowest BCUT2D eigenvalue weighted by molar-refractivity contribution is -0.135. The van der Waals surface area contributed by atoms with Gasteiger partial charge >= 0.3 is 0 Å². The average Bonchev–Trinajstić information content (AvgIpc) is 3.30. The van der Waals surface area contributed by atoms with Gasteiger partial charge < -0.3 is 14.5 Å². The van der Waals surface area contributed by atoms with Crippen molar-refractivity contribution < 1.29 is 14.3 Å². The van der Waals surface area contributed by atoms with E-state index in [2.05, 4.69) is 55.5 Å². The molecule has 2 fully saturated rings. The summed E-state index contributed by atoms with van der Waals surface area (Å²) in [6, 6.07) is 16.9. The first kappa shape index (κ1) is 23.5. The molecule has 0 saturated carbocycles. The van der Waals surface area contributed by atoms with Crippen LogP contribution in [0.1, 0.15) is 43.7 Å². The van der Waals surface area contributed by atoms with Gasteiger partial charge in [0.25, 0.3) is 0 Å². The van der Waals surface area contributed by atoms with E-state index in [1.165, 1.54) is 16.7 Å². The van der Waals surface area contributed by atoms with Crippen molar-refractivity contribution in [2.24, 2.45) is 5.92 Å². The Kier molecular flexibility index (Phi) is 7.81. The van der Waals surface area contributed by atoms with E-state index in [9.17, 15) is 9.59 Å². The number of carbonyl (C=O) groups is 2. The maximum Gasteiger partial charge on any atom is 0.227 e. The molecule has 2 aromatic rings. The molecule has 176 valence electrons. The summed E-state index contributed by atoms with van der Waals surface area (Å²) in [7, 11) is 0. The number of nitrogens with zero attached hydrogens (tertiary/aromatic N) is 2. The first-order valence-corrected chi connectivity index (χ1v) is 12.4. The van der Waals surface area contributed by atoms with Crippen molar-refractivity contribution in [3.05, 3.63) is 59.7 Å². The molecule has 2 atom stereocenters. The molecule has 0 spiro atoms. The molecule has 0 N–H and O–H groups in total. The van der Waals surface area contributed by atoms with Crippen LogP contribution >= 0.6 is 0 Å². The van der Waals surface area contributed by atoms with Crippen LogP contribution in [0.3, 0.4) is 0 Å². The Bertz CT molecular complexity index is 967. The maximum atomic E-state index is 13.3. The zero-order chi connectivity index (χ0) is 23.2. The summed E-state index contributed by atoms with van der Waals surface area (Å²) in [5.74, 6) is 0.0920. The van der Waals surface area contributed by atoms with Gasteiger partial charge in [0.2, 0.25) is 11.8 Å². The fourth-order valence-electron chi connectivity index (χ4n) is 5.10. The Morgan fingerprint density at radius 2 is 1.97 bits per heavy atom. The second kappa shape index (κ2) is 11.0. The monoisotopic (exact) mass is 448 g/mol. The van der Waals surface area contributed by atoms with Gasteiger partial charge in [-0.15, -0.1) is 0 Å². The predicted molar refractivity (Wildman–Crippen MR) is 131 cm³/mol. The SMILES string of the molecule is CCN1CCN(C(=O)CC[C@H]2CCCO2)C[C@@H](Cc2cccc(-c3ccccc3C)c2)C1=O. The number of rotatable bonds is 7. The summed E-state index contributed by atoms with van der Waals surface area (Å²) >= 11 is 0. The fourth-order valence-corrected chi connectivity index (χ4v) is 5.10. The van der Waals surface area contributed by atoms with Gasteiger partial charge in [-0.1, -0.05) is 48.5 Å². The molecule has 2 aliphatic heterocycles. The zero-order valence-corrected chi connectivity index (χ0v) is 20.0. The minimum Gasteiger partial charge on any atom is -0.378 e. The van der Waals surface area contributed by atoms with E-state index in [1.807, 2.05) is 16.7 Å². The molecule has 33 heavy (non-hydrogen) atoms. The molecule has 0 aromatic heterocycles. The van der Waals surface area contributed by atoms with Crippen LogP contribution in [0.25, 0.3) is 11.1 Å². The number of ether oxygens (including phenoxy) is 1. The molecule has 2 aliphatic rings. The van der Waals surface area contributed by atoms with Crippen molar-refractivity contribution in [3.63, 3.8) is 0 Å². The first-order chi connectivity index (χ1) is 16.0. The fraction of sp³-hybridized carbons (Fsp3) is 0.500. The number of hydrogen-bond donors (Lipinski definition) is 0. The van der Waals surface area contributed by atoms with Crippen LogP contribution in [-0.2, 0) is 20.7 Å². The molecular formula is C28H36N2O3. The standard InChI is InChI=1S/C28H36N2O3/c1-3-29-15-16-30(27(31)14-13-25-11-7-17-33-25)20-24(28(29)32)19-22-9-6-10-23(18-22)26-12-5-4-8-21(26)2/h4-6,8-10,12,18,24-25H,3,7,11,13-17,19-20H2,1-2H3/t24-,25-/m1/s1. The average molecular weight is 449 g/mol. The second-order valence-electron chi connectivity index (χ2n) is 9.35. The Balaban J connectivity index is 1.48. The van der Waals surface area contributed by atoms with Gasteiger partial charge in [0.1, 0.15) is 0 Å². The van der Waals surface area contributed by atoms with E-state index in [-0.39, 0.29) is 23.8 Å². The number of aryl methyl sites for hydroxylation is 1. The topological polar surface area (TPSA) is 49.9 Å². The normalized spacial score (nSPS) is 21.3. The molecule has 5 heteroatoms. The van der Waals surface area contributed by atoms with Crippen LogP contribution in [0.5, 0.6) is 0 Å². The van der Waals surface area contributed by atoms with Crippen LogP contribution in [0.15, 0.2) is 48.5 Å². The van der Waals surface area contributed by atoms with E-state index in [0.717, 1.165) is 31.4 Å². The van der Waals surface area contributed by atoms with Crippen molar-refractivity contribution in [1.82, 2.24) is 9.80 Å². The van der Waals surface area contributed by atoms with Crippen LogP contribution in [-0.4, -0.2) is 60.5 Å². The van der Waals surface area contributed by atoms with Gasteiger partial charge in [0, 0.05) is 39.2 Å². The molecular weight excluding hydrogens is 412 g/mol. The van der Waals surface area contributed by atoms with E-state index in [4.69, 9.17) is 4.74 Å². The Labute approximate surface area is 197 Å². The predicted octanol–water partition coefficient (Wildman–Crippen LogP) is 4.47. The van der Waals surface area contributed by atoms with Gasteiger partial charge in [-0.3, -0.25) is 9.59 Å². The summed E-state index contributed by atoms with van der Waals surface area (Å²) in [5.41, 5.74) is 4.76. The van der Waals surface area contributed by atoms with Crippen LogP contribution in [0, 0.1) is 12.8 Å². The molecule has 0 aliphatic carbocycles. The van der Waals surface area contributed by atoms with E-state index in [1.54, 1.807) is 0 Å². The van der Waals surface area contributed by atoms with Crippen molar-refractivity contribution in [1.29, 1.82) is 0 Å². The molecule has 0 unspecified atom stereocenters. The minimum atomic E-state index is -0.216. The number of carbonyl (C=O) groups excluding carboxylic acids is 2. The van der Waals surface area contributed by atoms with Crippen LogP contribution in [0.2, 0.25) is 0 Å². The van der Waals surface area contributed by atoms with Gasteiger partial charge in [0.05, 0.1) is 12.0 Å². The highest BCUT2D eigenvalue weighted by molar-refractivity contribution is 5.82. The lowest BCUT2D eigenvalue weighted by atomic mass is 9.93. The quantitative estimate of drug-likeness (QED) is 0.628. The minimum absolute atomic E-state index is 0.148. The smallest absolute Gasteiger partial charge is 0.227 e. The summed E-state index contributed by atoms with van der Waals surface area (Å²) in [6.07, 6.45) is 4.28. The first-order valence-electron chi connectivity index (χ1n) is 12.4. The lowest BCUT2D eigenvalue weighted by Gasteiger charge is -2.24. The van der Waals surface area contributed by atoms with Gasteiger partial charge in [-0.25, -0.2) is 0 Å². The maximum absolute atomic E-state index is 13.3. The largest absolute Gasteiger partial charge is 0.378 e. The number of amides is 2. The van der Waals surface area contributed by atoms with Crippen molar-refractivity contribution in [3.8, 4) is 11.1 Å². The third-order valence-electron chi connectivity index (χ3n) is 7.05. The van der Waals surface area contributed by atoms with Gasteiger partial charge in [0.15, 0.2) is 0 Å². The molecule has 2 saturated heterocycles. The summed E-state index contributed by atoms with van der Waals surface area (Å²) < 4.78 is 5.69. The molecule has 2 heterocycles. The summed E-state index contributed by atoms with van der Waals surface area (Å²) in [6.45, 7) is 7.35. The third kappa shape index (κ3) is 5.83. The summed E-state index contributed by atoms with van der Waals surface area (Å²) in [4.78, 5) is 30.1. The van der Waals surface area contributed by atoms with Crippen LogP contribution < -0.4 is 0 Å². The molecule has 2 amide bonds. The Morgan fingerprint density at radius 1 is 1.12 bits per heavy atom. The molecule has 0 radical (unpaired) electrons. The van der Waals surface area contributed by atoms with Gasteiger partial charge in [-0.05, 0) is 61.8 Å². The lowest BCUT2D eigenvalue weighted by Crippen LogP contribution is -2.38. The molecule has 4 rings (SSSR count). The Hall–Kier alpha value is -2.66. The third-order valence-corrected chi connectivity index (χ3v) is 7.05. The number of hydrogen-bond acceptors (Lipinski definition) is 3. The second-order valence-corrected chi connectivity index (χ2v) is 9.35. The van der Waals surface area contributed by atoms with E-state index < -0.39 is 0 Å². The molecule has 0 bridgehead atoms. The van der Waals surface area contributed by atoms with Crippen LogP contribution in [0.4, 0.5) is 0 Å². The zero-order valence-electron chi connectivity index (χ0n) is 20.0. The number of benzene rings is 2. The van der Waals surface area contributed by atoms with Crippen molar-refractivity contribution >= 4 is 11.8 Å². The molecule has 2 aromatic carbocycles. The number of likely N-dealkylation sites (N-methyl/N-ethyl adjacent to an activating group) is 1. The van der Waals surface area contributed by atoms with E-state index in [0.29, 0.717) is 39.0 Å². The van der Waals surface area contributed by atoms with Gasteiger partial charge in [-0.2, -0.15) is 0 Å². The van der Waals surface area contributed by atoms with E-state index >= 15 is 0 Å². The highest BCUT2D eigenvalue weighted by atomic mass is 16.5. The molecule has 5 nitrogen and oxygen atoms in total.